The first-order chi connectivity index (χ1) is 10.2. The molecule has 0 saturated carbocycles. The van der Waals surface area contributed by atoms with E-state index in [1.165, 1.54) is 11.1 Å². The Hall–Kier alpha value is -1.64. The molecule has 2 rings (SSSR count). The Morgan fingerprint density at radius 3 is 2.05 bits per heavy atom. The fourth-order valence-corrected chi connectivity index (χ4v) is 2.21. The number of benzene rings is 2. The number of nitrogens with one attached hydrogen (secondary N) is 1. The molecule has 2 aromatic carbocycles. The van der Waals surface area contributed by atoms with Crippen LogP contribution in [0, 0.1) is 5.41 Å². The molecule has 0 aromatic heterocycles. The van der Waals surface area contributed by atoms with Crippen molar-refractivity contribution in [3.63, 3.8) is 0 Å². The summed E-state index contributed by atoms with van der Waals surface area (Å²) in [6.45, 7) is 7.75. The molecule has 2 nitrogen and oxygen atoms in total. The Labute approximate surface area is 128 Å². The van der Waals surface area contributed by atoms with Gasteiger partial charge in [-0.3, -0.25) is 0 Å². The highest BCUT2D eigenvalue weighted by Gasteiger charge is 2.17. The standard InChI is InChI=1S/C19H25NO/c1-19(2,15-20-13-17-9-5-3-6-10-17)16-21-14-18-11-7-4-8-12-18/h3-12,20H,13-16H2,1-2H3. The summed E-state index contributed by atoms with van der Waals surface area (Å²) in [7, 11) is 0. The van der Waals surface area contributed by atoms with Crippen molar-refractivity contribution in [2.75, 3.05) is 13.2 Å². The molecule has 1 N–H and O–H groups in total. The zero-order valence-electron chi connectivity index (χ0n) is 13.0. The summed E-state index contributed by atoms with van der Waals surface area (Å²) < 4.78 is 5.85. The molecule has 0 fully saturated rings. The van der Waals surface area contributed by atoms with Gasteiger partial charge in [-0.05, 0) is 11.1 Å². The highest BCUT2D eigenvalue weighted by atomic mass is 16.5. The second-order valence-corrected chi connectivity index (χ2v) is 6.23. The second kappa shape index (κ2) is 7.96. The molecule has 0 aliphatic rings. The van der Waals surface area contributed by atoms with Crippen LogP contribution in [0.3, 0.4) is 0 Å². The predicted molar refractivity (Wildman–Crippen MR) is 88.0 cm³/mol. The van der Waals surface area contributed by atoms with Gasteiger partial charge in [0.15, 0.2) is 0 Å². The molecule has 0 atom stereocenters. The minimum atomic E-state index is 0.129. The van der Waals surface area contributed by atoms with Crippen LogP contribution in [0.15, 0.2) is 60.7 Å². The summed E-state index contributed by atoms with van der Waals surface area (Å²) in [6.07, 6.45) is 0. The van der Waals surface area contributed by atoms with E-state index in [-0.39, 0.29) is 5.41 Å². The first-order valence-electron chi connectivity index (χ1n) is 7.52. The van der Waals surface area contributed by atoms with E-state index in [0.29, 0.717) is 6.61 Å². The molecule has 2 aromatic rings. The number of rotatable bonds is 8. The minimum absolute atomic E-state index is 0.129. The molecule has 0 bridgehead atoms. The minimum Gasteiger partial charge on any atom is -0.376 e. The molecule has 0 heterocycles. The Balaban J connectivity index is 1.67. The SMILES string of the molecule is CC(C)(CNCc1ccccc1)COCc1ccccc1. The van der Waals surface area contributed by atoms with E-state index >= 15 is 0 Å². The van der Waals surface area contributed by atoms with E-state index in [0.717, 1.165) is 19.7 Å². The van der Waals surface area contributed by atoms with Crippen molar-refractivity contribution in [2.24, 2.45) is 5.41 Å². The summed E-state index contributed by atoms with van der Waals surface area (Å²) in [6, 6.07) is 20.8. The van der Waals surface area contributed by atoms with Gasteiger partial charge in [-0.1, -0.05) is 74.5 Å². The summed E-state index contributed by atoms with van der Waals surface area (Å²) in [4.78, 5) is 0. The number of ether oxygens (including phenoxy) is 1. The summed E-state index contributed by atoms with van der Waals surface area (Å²) in [5, 5.41) is 3.51. The molecular formula is C19H25NO. The molecule has 0 radical (unpaired) electrons. The van der Waals surface area contributed by atoms with Crippen LogP contribution in [0.25, 0.3) is 0 Å². The smallest absolute Gasteiger partial charge is 0.0717 e. The van der Waals surface area contributed by atoms with Crippen molar-refractivity contribution < 1.29 is 4.74 Å². The Kier molecular flexibility index (Phi) is 5.97. The molecule has 0 amide bonds. The third-order valence-corrected chi connectivity index (χ3v) is 3.38. The first-order valence-corrected chi connectivity index (χ1v) is 7.52. The van der Waals surface area contributed by atoms with E-state index < -0.39 is 0 Å². The maximum absolute atomic E-state index is 5.85. The highest BCUT2D eigenvalue weighted by molar-refractivity contribution is 5.14. The quantitative estimate of drug-likeness (QED) is 0.790. The van der Waals surface area contributed by atoms with Gasteiger partial charge in [0.2, 0.25) is 0 Å². The second-order valence-electron chi connectivity index (χ2n) is 6.23. The van der Waals surface area contributed by atoms with E-state index in [1.807, 2.05) is 24.3 Å². The number of hydrogen-bond acceptors (Lipinski definition) is 2. The van der Waals surface area contributed by atoms with Gasteiger partial charge in [0.05, 0.1) is 13.2 Å². The lowest BCUT2D eigenvalue weighted by Crippen LogP contribution is -2.32. The largest absolute Gasteiger partial charge is 0.376 e. The van der Waals surface area contributed by atoms with Crippen LogP contribution in [0.4, 0.5) is 0 Å². The van der Waals surface area contributed by atoms with Gasteiger partial charge in [0, 0.05) is 18.5 Å². The molecule has 21 heavy (non-hydrogen) atoms. The Bertz CT molecular complexity index is 460. The van der Waals surface area contributed by atoms with Crippen LogP contribution in [-0.4, -0.2) is 13.2 Å². The fourth-order valence-electron chi connectivity index (χ4n) is 2.21. The Morgan fingerprint density at radius 2 is 1.43 bits per heavy atom. The summed E-state index contributed by atoms with van der Waals surface area (Å²) in [5.74, 6) is 0. The fraction of sp³-hybridized carbons (Fsp3) is 0.368. The molecular weight excluding hydrogens is 258 g/mol. The van der Waals surface area contributed by atoms with Crippen LogP contribution in [0.1, 0.15) is 25.0 Å². The molecule has 2 heteroatoms. The van der Waals surface area contributed by atoms with Crippen LogP contribution in [0.2, 0.25) is 0 Å². The zero-order valence-corrected chi connectivity index (χ0v) is 13.0. The zero-order chi connectivity index (χ0) is 15.0. The summed E-state index contributed by atoms with van der Waals surface area (Å²) in [5.41, 5.74) is 2.67. The Morgan fingerprint density at radius 1 is 0.857 bits per heavy atom. The molecule has 0 saturated heterocycles. The van der Waals surface area contributed by atoms with Crippen molar-refractivity contribution in [3.8, 4) is 0 Å². The monoisotopic (exact) mass is 283 g/mol. The molecule has 0 unspecified atom stereocenters. The third kappa shape index (κ3) is 6.11. The molecule has 112 valence electrons. The van der Waals surface area contributed by atoms with Crippen LogP contribution in [-0.2, 0) is 17.9 Å². The maximum Gasteiger partial charge on any atom is 0.0717 e. The van der Waals surface area contributed by atoms with E-state index in [9.17, 15) is 0 Å². The van der Waals surface area contributed by atoms with Gasteiger partial charge in [-0.2, -0.15) is 0 Å². The highest BCUT2D eigenvalue weighted by Crippen LogP contribution is 2.15. The van der Waals surface area contributed by atoms with Gasteiger partial charge >= 0.3 is 0 Å². The van der Waals surface area contributed by atoms with E-state index in [4.69, 9.17) is 4.74 Å². The third-order valence-electron chi connectivity index (χ3n) is 3.38. The van der Waals surface area contributed by atoms with Gasteiger partial charge < -0.3 is 10.1 Å². The lowest BCUT2D eigenvalue weighted by molar-refractivity contribution is 0.0511. The average molecular weight is 283 g/mol. The van der Waals surface area contributed by atoms with Crippen molar-refractivity contribution in [3.05, 3.63) is 71.8 Å². The van der Waals surface area contributed by atoms with Crippen LogP contribution in [0.5, 0.6) is 0 Å². The number of hydrogen-bond donors (Lipinski definition) is 1. The lowest BCUT2D eigenvalue weighted by atomic mass is 9.94. The van der Waals surface area contributed by atoms with Gasteiger partial charge in [0.1, 0.15) is 0 Å². The van der Waals surface area contributed by atoms with E-state index in [2.05, 4.69) is 55.6 Å². The predicted octanol–water partition coefficient (Wildman–Crippen LogP) is 4.02. The van der Waals surface area contributed by atoms with Gasteiger partial charge in [-0.15, -0.1) is 0 Å². The van der Waals surface area contributed by atoms with Crippen molar-refractivity contribution in [1.29, 1.82) is 0 Å². The van der Waals surface area contributed by atoms with Crippen LogP contribution < -0.4 is 5.32 Å². The van der Waals surface area contributed by atoms with Gasteiger partial charge in [0.25, 0.3) is 0 Å². The van der Waals surface area contributed by atoms with Crippen molar-refractivity contribution >= 4 is 0 Å². The molecule has 0 aliphatic heterocycles. The van der Waals surface area contributed by atoms with Crippen molar-refractivity contribution in [2.45, 2.75) is 27.0 Å². The van der Waals surface area contributed by atoms with Crippen molar-refractivity contribution in [1.82, 2.24) is 5.32 Å². The molecule has 0 aliphatic carbocycles. The first kappa shape index (κ1) is 15.7. The normalized spacial score (nSPS) is 11.5. The summed E-state index contributed by atoms with van der Waals surface area (Å²) >= 11 is 0. The van der Waals surface area contributed by atoms with Gasteiger partial charge in [-0.25, -0.2) is 0 Å². The lowest BCUT2D eigenvalue weighted by Gasteiger charge is -2.25. The average Bonchev–Trinajstić information content (AvgIpc) is 2.49. The maximum atomic E-state index is 5.85. The topological polar surface area (TPSA) is 21.3 Å². The van der Waals surface area contributed by atoms with Crippen LogP contribution >= 0.6 is 0 Å². The van der Waals surface area contributed by atoms with E-state index in [1.54, 1.807) is 0 Å². The molecule has 0 spiro atoms.